The third-order valence-corrected chi connectivity index (χ3v) is 1.93. The van der Waals surface area contributed by atoms with Crippen molar-refractivity contribution in [2.75, 3.05) is 6.54 Å². The van der Waals surface area contributed by atoms with Gasteiger partial charge in [0.25, 0.3) is 0 Å². The molecule has 0 spiro atoms. The molecule has 2 amide bonds. The Hall–Kier alpha value is -2.24. The molecule has 3 N–H and O–H groups in total. The van der Waals surface area contributed by atoms with E-state index in [1.165, 1.54) is 12.1 Å². The Bertz CT molecular complexity index is 411. The summed E-state index contributed by atoms with van der Waals surface area (Å²) >= 11 is 0. The molecule has 0 aliphatic rings. The fraction of sp³-hybridized carbons (Fsp3) is 0.273. The number of amides is 2. The first-order chi connectivity index (χ1) is 8.13. The number of urea groups is 1. The van der Waals surface area contributed by atoms with Crippen LogP contribution in [0.5, 0.6) is 0 Å². The summed E-state index contributed by atoms with van der Waals surface area (Å²) in [4.78, 5) is 21.7. The second-order valence-corrected chi connectivity index (χ2v) is 3.26. The number of carboxylic acid groups (broad SMARTS) is 1. The van der Waals surface area contributed by atoms with Crippen molar-refractivity contribution in [3.8, 4) is 0 Å². The third-order valence-electron chi connectivity index (χ3n) is 1.93. The zero-order chi connectivity index (χ0) is 12.7. The Morgan fingerprint density at radius 1 is 1.41 bits per heavy atom. The summed E-state index contributed by atoms with van der Waals surface area (Å²) in [5.41, 5.74) is 0. The summed E-state index contributed by atoms with van der Waals surface area (Å²) in [7, 11) is 0. The minimum atomic E-state index is -1.13. The summed E-state index contributed by atoms with van der Waals surface area (Å²) < 4.78 is 4.96. The van der Waals surface area contributed by atoms with Gasteiger partial charge in [-0.15, -0.1) is 6.58 Å². The lowest BCUT2D eigenvalue weighted by molar-refractivity contribution is 0.0660. The predicted molar refractivity (Wildman–Crippen MR) is 60.7 cm³/mol. The van der Waals surface area contributed by atoms with E-state index in [1.54, 1.807) is 6.08 Å². The van der Waals surface area contributed by atoms with Crippen LogP contribution in [0.2, 0.25) is 0 Å². The number of hydrogen-bond acceptors (Lipinski definition) is 3. The summed E-state index contributed by atoms with van der Waals surface area (Å²) in [5, 5.41) is 13.8. The zero-order valence-corrected chi connectivity index (χ0v) is 9.23. The van der Waals surface area contributed by atoms with Crippen molar-refractivity contribution < 1.29 is 19.1 Å². The maximum absolute atomic E-state index is 11.2. The molecule has 0 saturated heterocycles. The second kappa shape index (κ2) is 6.37. The Morgan fingerprint density at radius 3 is 2.76 bits per heavy atom. The highest BCUT2D eigenvalue weighted by Crippen LogP contribution is 2.07. The summed E-state index contributed by atoms with van der Waals surface area (Å²) in [6.45, 7) is 4.18. The fourth-order valence-electron chi connectivity index (χ4n) is 1.11. The van der Waals surface area contributed by atoms with Crippen LogP contribution in [0.25, 0.3) is 0 Å². The largest absolute Gasteiger partial charge is 0.475 e. The number of carboxylic acids is 1. The molecule has 1 heterocycles. The predicted octanol–water partition coefficient (Wildman–Crippen LogP) is 1.35. The Morgan fingerprint density at radius 2 is 2.18 bits per heavy atom. The van der Waals surface area contributed by atoms with Crippen LogP contribution in [-0.4, -0.2) is 23.7 Å². The molecule has 1 aromatic heterocycles. The lowest BCUT2D eigenvalue weighted by atomic mass is 10.4. The van der Waals surface area contributed by atoms with Crippen LogP contribution in [0.3, 0.4) is 0 Å². The summed E-state index contributed by atoms with van der Waals surface area (Å²) in [5.74, 6) is -0.887. The zero-order valence-electron chi connectivity index (χ0n) is 9.23. The number of carbonyl (C=O) groups is 2. The molecule has 92 valence electrons. The first kappa shape index (κ1) is 12.8. The van der Waals surface area contributed by atoms with Gasteiger partial charge in [0.05, 0.1) is 6.54 Å². The molecule has 0 aromatic carbocycles. The Labute approximate surface area is 98.3 Å². The molecule has 17 heavy (non-hydrogen) atoms. The molecule has 6 nitrogen and oxygen atoms in total. The summed E-state index contributed by atoms with van der Waals surface area (Å²) in [6.07, 6.45) is 2.39. The van der Waals surface area contributed by atoms with Crippen LogP contribution in [0.4, 0.5) is 4.79 Å². The smallest absolute Gasteiger partial charge is 0.371 e. The Balaban J connectivity index is 2.31. The molecule has 1 rings (SSSR count). The SMILES string of the molecule is C=CCCNC(=O)NCc1ccc(C(=O)O)o1. The van der Waals surface area contributed by atoms with Crippen molar-refractivity contribution >= 4 is 12.0 Å². The van der Waals surface area contributed by atoms with Gasteiger partial charge in [0.15, 0.2) is 0 Å². The van der Waals surface area contributed by atoms with Gasteiger partial charge in [-0.3, -0.25) is 0 Å². The molecule has 0 bridgehead atoms. The lowest BCUT2D eigenvalue weighted by Gasteiger charge is -2.04. The van der Waals surface area contributed by atoms with E-state index in [0.717, 1.165) is 0 Å². The number of hydrogen-bond donors (Lipinski definition) is 3. The standard InChI is InChI=1S/C11H14N2O4/c1-2-3-6-12-11(16)13-7-8-4-5-9(17-8)10(14)15/h2,4-5H,1,3,6-7H2,(H,14,15)(H2,12,13,16). The van der Waals surface area contributed by atoms with E-state index in [0.29, 0.717) is 18.7 Å². The van der Waals surface area contributed by atoms with Crippen molar-refractivity contribution in [3.05, 3.63) is 36.3 Å². The van der Waals surface area contributed by atoms with Crippen molar-refractivity contribution in [1.82, 2.24) is 10.6 Å². The fourth-order valence-corrected chi connectivity index (χ4v) is 1.11. The van der Waals surface area contributed by atoms with Crippen LogP contribution in [0.15, 0.2) is 29.2 Å². The molecule has 6 heteroatoms. The number of rotatable bonds is 6. The highest BCUT2D eigenvalue weighted by molar-refractivity contribution is 5.84. The first-order valence-corrected chi connectivity index (χ1v) is 5.08. The first-order valence-electron chi connectivity index (χ1n) is 5.08. The minimum Gasteiger partial charge on any atom is -0.475 e. The van der Waals surface area contributed by atoms with E-state index < -0.39 is 5.97 Å². The van der Waals surface area contributed by atoms with Crippen LogP contribution in [0.1, 0.15) is 22.7 Å². The molecule has 0 aliphatic carbocycles. The van der Waals surface area contributed by atoms with Crippen LogP contribution in [0, 0.1) is 0 Å². The summed E-state index contributed by atoms with van der Waals surface area (Å²) in [6, 6.07) is 2.52. The average Bonchev–Trinajstić information content (AvgIpc) is 2.75. The van der Waals surface area contributed by atoms with E-state index in [9.17, 15) is 9.59 Å². The van der Waals surface area contributed by atoms with Crippen LogP contribution < -0.4 is 10.6 Å². The topological polar surface area (TPSA) is 91.6 Å². The van der Waals surface area contributed by atoms with Gasteiger partial charge in [-0.05, 0) is 18.6 Å². The van der Waals surface area contributed by atoms with Crippen molar-refractivity contribution in [3.63, 3.8) is 0 Å². The monoisotopic (exact) mass is 238 g/mol. The molecule has 0 atom stereocenters. The highest BCUT2D eigenvalue weighted by atomic mass is 16.4. The maximum Gasteiger partial charge on any atom is 0.371 e. The minimum absolute atomic E-state index is 0.145. The molecule has 0 saturated carbocycles. The number of aromatic carboxylic acids is 1. The van der Waals surface area contributed by atoms with Crippen molar-refractivity contribution in [1.29, 1.82) is 0 Å². The van der Waals surface area contributed by atoms with E-state index in [4.69, 9.17) is 9.52 Å². The molecule has 1 aromatic rings. The third kappa shape index (κ3) is 4.42. The molecule has 0 unspecified atom stereocenters. The number of furan rings is 1. The van der Waals surface area contributed by atoms with Gasteiger partial charge in [-0.2, -0.15) is 0 Å². The molecular formula is C11H14N2O4. The van der Waals surface area contributed by atoms with Crippen molar-refractivity contribution in [2.45, 2.75) is 13.0 Å². The average molecular weight is 238 g/mol. The highest BCUT2D eigenvalue weighted by Gasteiger charge is 2.09. The van der Waals surface area contributed by atoms with Gasteiger partial charge in [-0.25, -0.2) is 9.59 Å². The maximum atomic E-state index is 11.2. The van der Waals surface area contributed by atoms with Gasteiger partial charge < -0.3 is 20.2 Å². The van der Waals surface area contributed by atoms with Gasteiger partial charge in [0, 0.05) is 6.54 Å². The van der Waals surface area contributed by atoms with Gasteiger partial charge in [-0.1, -0.05) is 6.08 Å². The van der Waals surface area contributed by atoms with Gasteiger partial charge in [0.1, 0.15) is 5.76 Å². The molecule has 0 fully saturated rings. The van der Waals surface area contributed by atoms with Crippen molar-refractivity contribution in [2.24, 2.45) is 0 Å². The van der Waals surface area contributed by atoms with E-state index >= 15 is 0 Å². The Kier molecular flexibility index (Phi) is 4.80. The van der Waals surface area contributed by atoms with Crippen LogP contribution >= 0.6 is 0 Å². The normalized spacial score (nSPS) is 9.65. The number of carbonyl (C=O) groups excluding carboxylic acids is 1. The van der Waals surface area contributed by atoms with E-state index in [2.05, 4.69) is 17.2 Å². The second-order valence-electron chi connectivity index (χ2n) is 3.26. The van der Waals surface area contributed by atoms with Gasteiger partial charge >= 0.3 is 12.0 Å². The van der Waals surface area contributed by atoms with E-state index in [-0.39, 0.29) is 18.3 Å². The quantitative estimate of drug-likeness (QED) is 0.515. The molecular weight excluding hydrogens is 224 g/mol. The van der Waals surface area contributed by atoms with Crippen LogP contribution in [-0.2, 0) is 6.54 Å². The van der Waals surface area contributed by atoms with Gasteiger partial charge in [0.2, 0.25) is 5.76 Å². The van der Waals surface area contributed by atoms with E-state index in [1.807, 2.05) is 0 Å². The molecule has 0 radical (unpaired) electrons. The number of nitrogens with one attached hydrogen (secondary N) is 2. The molecule has 0 aliphatic heterocycles. The lowest BCUT2D eigenvalue weighted by Crippen LogP contribution is -2.35.